The summed E-state index contributed by atoms with van der Waals surface area (Å²) in [5.74, 6) is 0. The van der Waals surface area contributed by atoms with E-state index in [4.69, 9.17) is 28.5 Å². The first kappa shape index (κ1) is 11.0. The molecule has 2 aromatic rings. The van der Waals surface area contributed by atoms with Gasteiger partial charge in [0.2, 0.25) is 0 Å². The summed E-state index contributed by atoms with van der Waals surface area (Å²) in [4.78, 5) is 0. The average Bonchev–Trinajstić information content (AvgIpc) is 2.63. The molecule has 2 rings (SSSR count). The normalized spacial score (nSPS) is 10.1. The number of nitriles is 1. The first-order valence-corrected chi connectivity index (χ1v) is 5.29. The van der Waals surface area contributed by atoms with Gasteiger partial charge in [-0.3, -0.25) is 0 Å². The summed E-state index contributed by atoms with van der Waals surface area (Å²) in [7, 11) is 0. The Labute approximate surface area is 103 Å². The smallest absolute Gasteiger partial charge is 0.103 e. The summed E-state index contributed by atoms with van der Waals surface area (Å²) in [5, 5.41) is 14.1. The number of hydrogen-bond donors (Lipinski definition) is 0. The Hall–Kier alpha value is -1.50. The second kappa shape index (κ2) is 4.17. The predicted molar refractivity (Wildman–Crippen MR) is 63.0 cm³/mol. The Morgan fingerprint density at radius 1 is 1.38 bits per heavy atom. The van der Waals surface area contributed by atoms with Gasteiger partial charge in [0.15, 0.2) is 0 Å². The van der Waals surface area contributed by atoms with E-state index in [-0.39, 0.29) is 0 Å². The highest BCUT2D eigenvalue weighted by atomic mass is 35.5. The second-order valence-electron chi connectivity index (χ2n) is 3.26. The SMILES string of the molecule is Cc1c(C#N)cnn1-c1cc(Cl)ccc1Cl. The Balaban J connectivity index is 2.64. The van der Waals surface area contributed by atoms with Gasteiger partial charge in [-0.05, 0) is 25.1 Å². The molecule has 1 aromatic heterocycles. The van der Waals surface area contributed by atoms with Crippen molar-refractivity contribution in [2.45, 2.75) is 6.92 Å². The van der Waals surface area contributed by atoms with Gasteiger partial charge in [-0.1, -0.05) is 23.2 Å². The summed E-state index contributed by atoms with van der Waals surface area (Å²) in [6.07, 6.45) is 1.51. The van der Waals surface area contributed by atoms with E-state index in [2.05, 4.69) is 11.2 Å². The molecule has 80 valence electrons. The summed E-state index contributed by atoms with van der Waals surface area (Å²) in [6.45, 7) is 1.81. The molecule has 0 unspecified atom stereocenters. The standard InChI is InChI=1S/C11H7Cl2N3/c1-7-8(5-14)6-15-16(7)11-4-9(12)2-3-10(11)13/h2-4,6H,1H3. The van der Waals surface area contributed by atoms with Crippen LogP contribution < -0.4 is 0 Å². The van der Waals surface area contributed by atoms with Crippen molar-refractivity contribution in [2.24, 2.45) is 0 Å². The minimum atomic E-state index is 0.524. The van der Waals surface area contributed by atoms with Gasteiger partial charge in [0, 0.05) is 5.02 Å². The van der Waals surface area contributed by atoms with E-state index >= 15 is 0 Å². The van der Waals surface area contributed by atoms with Crippen LogP contribution >= 0.6 is 23.2 Å². The fraction of sp³-hybridized carbons (Fsp3) is 0.0909. The highest BCUT2D eigenvalue weighted by molar-refractivity contribution is 6.34. The van der Waals surface area contributed by atoms with Gasteiger partial charge in [-0.15, -0.1) is 0 Å². The topological polar surface area (TPSA) is 41.6 Å². The molecule has 0 spiro atoms. The minimum Gasteiger partial charge on any atom is -0.235 e. The first-order chi connectivity index (χ1) is 7.63. The maximum Gasteiger partial charge on any atom is 0.103 e. The zero-order chi connectivity index (χ0) is 11.7. The molecule has 0 aliphatic carbocycles. The van der Waals surface area contributed by atoms with Crippen molar-refractivity contribution in [3.05, 3.63) is 45.7 Å². The fourth-order valence-electron chi connectivity index (χ4n) is 1.41. The van der Waals surface area contributed by atoms with E-state index in [1.807, 2.05) is 6.92 Å². The van der Waals surface area contributed by atoms with E-state index in [1.54, 1.807) is 22.9 Å². The molecule has 0 radical (unpaired) electrons. The van der Waals surface area contributed by atoms with Crippen molar-refractivity contribution in [1.29, 1.82) is 5.26 Å². The van der Waals surface area contributed by atoms with Gasteiger partial charge in [0.25, 0.3) is 0 Å². The number of rotatable bonds is 1. The third kappa shape index (κ3) is 1.78. The van der Waals surface area contributed by atoms with Gasteiger partial charge >= 0.3 is 0 Å². The van der Waals surface area contributed by atoms with Gasteiger partial charge in [0.1, 0.15) is 6.07 Å². The summed E-state index contributed by atoms with van der Waals surface area (Å²) >= 11 is 11.9. The number of aromatic nitrogens is 2. The van der Waals surface area contributed by atoms with Crippen LogP contribution in [0.2, 0.25) is 10.0 Å². The van der Waals surface area contributed by atoms with Crippen LogP contribution in [0, 0.1) is 18.3 Å². The highest BCUT2D eigenvalue weighted by Crippen LogP contribution is 2.25. The maximum absolute atomic E-state index is 8.84. The highest BCUT2D eigenvalue weighted by Gasteiger charge is 2.10. The van der Waals surface area contributed by atoms with Crippen molar-refractivity contribution in [1.82, 2.24) is 9.78 Å². The number of hydrogen-bond acceptors (Lipinski definition) is 2. The Kier molecular flexibility index (Phi) is 2.86. The lowest BCUT2D eigenvalue weighted by Gasteiger charge is -2.06. The second-order valence-corrected chi connectivity index (χ2v) is 4.11. The Morgan fingerprint density at radius 2 is 2.12 bits per heavy atom. The Bertz CT molecular complexity index is 581. The molecular formula is C11H7Cl2N3. The van der Waals surface area contributed by atoms with Gasteiger partial charge in [0.05, 0.1) is 28.2 Å². The van der Waals surface area contributed by atoms with Gasteiger partial charge < -0.3 is 0 Å². The largest absolute Gasteiger partial charge is 0.235 e. The van der Waals surface area contributed by atoms with Crippen LogP contribution in [-0.4, -0.2) is 9.78 Å². The molecule has 1 heterocycles. The molecule has 0 N–H and O–H groups in total. The molecule has 0 fully saturated rings. The summed E-state index contributed by atoms with van der Waals surface area (Å²) in [5.41, 5.74) is 1.94. The van der Waals surface area contributed by atoms with Crippen LogP contribution in [0.5, 0.6) is 0 Å². The molecule has 0 aliphatic heterocycles. The molecule has 0 saturated carbocycles. The van der Waals surface area contributed by atoms with E-state index in [1.165, 1.54) is 6.20 Å². The average molecular weight is 252 g/mol. The third-order valence-corrected chi connectivity index (χ3v) is 2.82. The molecule has 1 aromatic carbocycles. The van der Waals surface area contributed by atoms with Crippen molar-refractivity contribution in [2.75, 3.05) is 0 Å². The quantitative estimate of drug-likeness (QED) is 0.780. The molecule has 5 heteroatoms. The lowest BCUT2D eigenvalue weighted by Crippen LogP contribution is -1.99. The van der Waals surface area contributed by atoms with E-state index in [0.717, 1.165) is 5.69 Å². The maximum atomic E-state index is 8.84. The molecule has 0 bridgehead atoms. The van der Waals surface area contributed by atoms with E-state index in [0.29, 0.717) is 21.3 Å². The lowest BCUT2D eigenvalue weighted by atomic mass is 10.2. The Morgan fingerprint density at radius 3 is 2.75 bits per heavy atom. The van der Waals surface area contributed by atoms with Crippen LogP contribution in [0.4, 0.5) is 0 Å². The molecule has 16 heavy (non-hydrogen) atoms. The van der Waals surface area contributed by atoms with Crippen molar-refractivity contribution >= 4 is 23.2 Å². The fourth-order valence-corrected chi connectivity index (χ4v) is 1.77. The zero-order valence-electron chi connectivity index (χ0n) is 8.41. The van der Waals surface area contributed by atoms with Crippen LogP contribution in [0.25, 0.3) is 5.69 Å². The van der Waals surface area contributed by atoms with Gasteiger partial charge in [-0.25, -0.2) is 4.68 Å². The minimum absolute atomic E-state index is 0.524. The lowest BCUT2D eigenvalue weighted by molar-refractivity contribution is 0.847. The van der Waals surface area contributed by atoms with E-state index in [9.17, 15) is 0 Å². The van der Waals surface area contributed by atoms with Crippen LogP contribution in [0.15, 0.2) is 24.4 Å². The zero-order valence-corrected chi connectivity index (χ0v) is 9.92. The third-order valence-electron chi connectivity index (χ3n) is 2.27. The van der Waals surface area contributed by atoms with Crippen LogP contribution in [0.3, 0.4) is 0 Å². The number of nitrogens with zero attached hydrogens (tertiary/aromatic N) is 3. The van der Waals surface area contributed by atoms with Gasteiger partial charge in [-0.2, -0.15) is 10.4 Å². The van der Waals surface area contributed by atoms with Crippen LogP contribution in [-0.2, 0) is 0 Å². The molecular weight excluding hydrogens is 245 g/mol. The predicted octanol–water partition coefficient (Wildman–Crippen LogP) is 3.36. The molecule has 3 nitrogen and oxygen atoms in total. The number of benzene rings is 1. The molecule has 0 aliphatic rings. The summed E-state index contributed by atoms with van der Waals surface area (Å²) in [6, 6.07) is 7.18. The molecule has 0 atom stereocenters. The first-order valence-electron chi connectivity index (χ1n) is 4.53. The van der Waals surface area contributed by atoms with Crippen LogP contribution in [0.1, 0.15) is 11.3 Å². The summed E-state index contributed by atoms with van der Waals surface area (Å²) < 4.78 is 1.60. The molecule has 0 saturated heterocycles. The van der Waals surface area contributed by atoms with Crippen molar-refractivity contribution in [3.8, 4) is 11.8 Å². The number of halogens is 2. The van der Waals surface area contributed by atoms with E-state index < -0.39 is 0 Å². The molecule has 0 amide bonds. The monoisotopic (exact) mass is 251 g/mol. The van der Waals surface area contributed by atoms with Crippen molar-refractivity contribution < 1.29 is 0 Å². The van der Waals surface area contributed by atoms with Crippen molar-refractivity contribution in [3.63, 3.8) is 0 Å².